The number of phenolic OH excluding ortho intramolecular Hbond substituents is 1. The Balaban J connectivity index is 1.41. The van der Waals surface area contributed by atoms with Crippen LogP contribution in [0.4, 0.5) is 5.69 Å². The quantitative estimate of drug-likeness (QED) is 0.162. The van der Waals surface area contributed by atoms with Gasteiger partial charge in [0.25, 0.3) is 0 Å². The molecular formula is C48H39BrN2O+2. The smallest absolute Gasteiger partial charge is 0.219 e. The fraction of sp³-hybridized carbons (Fsp3) is 0.0833. The Morgan fingerprint density at radius 1 is 0.558 bits per heavy atom. The second-order valence-corrected chi connectivity index (χ2v) is 14.7. The maximum atomic E-state index is 12.1. The van der Waals surface area contributed by atoms with Gasteiger partial charge in [0.2, 0.25) is 22.8 Å². The molecule has 252 valence electrons. The lowest BCUT2D eigenvalue weighted by Crippen LogP contribution is -2.36. The Morgan fingerprint density at radius 3 is 1.67 bits per heavy atom. The molecule has 3 nitrogen and oxygen atoms in total. The standard InChI is InChI=1S/C48H38BrN2O/c1-48(2)42-21-13-14-22-43(42)50(3)46(48)28-25-37-29-40(32-41(47(37)52)34-15-7-4-8-16-34)51-44(35-17-9-5-10-18-35)30-38(33-23-26-39(49)27-24-33)31-45(51)36-19-11-6-12-20-36/h4-32H,1-3H3/q+1/p+1. The molecule has 0 aliphatic carbocycles. The Hall–Kier alpha value is -5.84. The topological polar surface area (TPSA) is 27.1 Å². The summed E-state index contributed by atoms with van der Waals surface area (Å²) in [5.41, 5.74) is 13.4. The van der Waals surface area contributed by atoms with E-state index in [1.54, 1.807) is 0 Å². The van der Waals surface area contributed by atoms with Crippen LogP contribution in [0.3, 0.4) is 0 Å². The van der Waals surface area contributed by atoms with Crippen LogP contribution in [0.25, 0.3) is 56.5 Å². The summed E-state index contributed by atoms with van der Waals surface area (Å²) in [6, 6.07) is 57.1. The fourth-order valence-corrected chi connectivity index (χ4v) is 7.79. The van der Waals surface area contributed by atoms with Crippen molar-refractivity contribution in [2.24, 2.45) is 0 Å². The van der Waals surface area contributed by atoms with Gasteiger partial charge >= 0.3 is 0 Å². The van der Waals surface area contributed by atoms with Crippen molar-refractivity contribution in [2.45, 2.75) is 19.3 Å². The molecule has 0 spiro atoms. The van der Waals surface area contributed by atoms with Crippen LogP contribution in [0.1, 0.15) is 25.0 Å². The third-order valence-corrected chi connectivity index (χ3v) is 10.7. The van der Waals surface area contributed by atoms with E-state index in [1.165, 1.54) is 17.0 Å². The molecule has 1 aromatic heterocycles. The Kier molecular flexibility index (Phi) is 8.78. The molecule has 1 aliphatic heterocycles. The monoisotopic (exact) mass is 738 g/mol. The van der Waals surface area contributed by atoms with Gasteiger partial charge in [0.1, 0.15) is 12.8 Å². The summed E-state index contributed by atoms with van der Waals surface area (Å²) in [6.07, 6.45) is 4.25. The normalized spacial score (nSPS) is 13.5. The van der Waals surface area contributed by atoms with Gasteiger partial charge in [0, 0.05) is 68.7 Å². The molecule has 6 aromatic carbocycles. The molecule has 1 aliphatic rings. The number of phenols is 1. The number of aromatic hydroxyl groups is 1. The number of para-hydroxylation sites is 1. The number of fused-ring (bicyclic) bond motifs is 1. The van der Waals surface area contributed by atoms with Crippen molar-refractivity contribution in [3.8, 4) is 56.2 Å². The van der Waals surface area contributed by atoms with E-state index in [-0.39, 0.29) is 11.2 Å². The zero-order valence-electron chi connectivity index (χ0n) is 29.5. The van der Waals surface area contributed by atoms with Crippen LogP contribution in [-0.2, 0) is 5.41 Å². The SMILES string of the molecule is C[N+]1=C(/C=C\c2cc(-[n+]3c(-c4ccccc4)cc(-c4ccc(Br)cc4)cc3-c3ccccc3)cc(-c3ccccc3)c2O)C(C)(C)c2ccccc21. The van der Waals surface area contributed by atoms with E-state index in [2.05, 4.69) is 204 Å². The lowest BCUT2D eigenvalue weighted by atomic mass is 9.81. The highest BCUT2D eigenvalue weighted by Crippen LogP contribution is 2.41. The summed E-state index contributed by atoms with van der Waals surface area (Å²) >= 11 is 3.62. The number of nitrogens with zero attached hydrogens (tertiary/aromatic N) is 2. The van der Waals surface area contributed by atoms with Crippen LogP contribution < -0.4 is 4.57 Å². The number of hydrogen-bond acceptors (Lipinski definition) is 1. The van der Waals surface area contributed by atoms with Gasteiger partial charge in [-0.05, 0) is 73.0 Å². The van der Waals surface area contributed by atoms with E-state index in [0.717, 1.165) is 60.5 Å². The summed E-state index contributed by atoms with van der Waals surface area (Å²) < 4.78 is 5.65. The number of rotatable bonds is 7. The highest BCUT2D eigenvalue weighted by atomic mass is 79.9. The van der Waals surface area contributed by atoms with Crippen LogP contribution in [0.2, 0.25) is 0 Å². The maximum absolute atomic E-state index is 12.1. The lowest BCUT2D eigenvalue weighted by Gasteiger charge is -2.16. The van der Waals surface area contributed by atoms with Gasteiger partial charge in [-0.3, -0.25) is 0 Å². The van der Waals surface area contributed by atoms with Gasteiger partial charge in [-0.25, -0.2) is 0 Å². The molecule has 7 aromatic rings. The van der Waals surface area contributed by atoms with Crippen molar-refractivity contribution in [1.29, 1.82) is 0 Å². The van der Waals surface area contributed by atoms with Crippen LogP contribution in [0.5, 0.6) is 5.75 Å². The number of allylic oxidation sites excluding steroid dienone is 1. The minimum Gasteiger partial charge on any atom is -0.507 e. The Bertz CT molecular complexity index is 2420. The fourth-order valence-electron chi connectivity index (χ4n) is 7.53. The summed E-state index contributed by atoms with van der Waals surface area (Å²) in [5.74, 6) is 0.248. The van der Waals surface area contributed by atoms with Crippen molar-refractivity contribution in [3.63, 3.8) is 0 Å². The zero-order valence-corrected chi connectivity index (χ0v) is 31.0. The van der Waals surface area contributed by atoms with Crippen LogP contribution in [0, 0.1) is 0 Å². The molecule has 0 saturated carbocycles. The summed E-state index contributed by atoms with van der Waals surface area (Å²) in [4.78, 5) is 0. The Labute approximate surface area is 314 Å². The highest BCUT2D eigenvalue weighted by molar-refractivity contribution is 9.10. The van der Waals surface area contributed by atoms with Gasteiger partial charge in [-0.1, -0.05) is 113 Å². The van der Waals surface area contributed by atoms with Crippen molar-refractivity contribution >= 4 is 33.4 Å². The molecule has 1 N–H and O–H groups in total. The molecule has 4 heteroatoms. The zero-order chi connectivity index (χ0) is 35.8. The second kappa shape index (κ2) is 13.7. The van der Waals surface area contributed by atoms with Crippen molar-refractivity contribution in [2.75, 3.05) is 7.05 Å². The average molecular weight is 740 g/mol. The first kappa shape index (κ1) is 33.3. The van der Waals surface area contributed by atoms with Crippen molar-refractivity contribution in [3.05, 3.63) is 185 Å². The van der Waals surface area contributed by atoms with Gasteiger partial charge in [0.15, 0.2) is 5.71 Å². The molecule has 0 saturated heterocycles. The summed E-state index contributed by atoms with van der Waals surface area (Å²) in [5, 5.41) is 12.1. The predicted octanol–water partition coefficient (Wildman–Crippen LogP) is 11.8. The molecule has 0 radical (unpaired) electrons. The largest absolute Gasteiger partial charge is 0.507 e. The molecular weight excluding hydrogens is 700 g/mol. The van der Waals surface area contributed by atoms with Gasteiger partial charge in [-0.15, -0.1) is 0 Å². The highest BCUT2D eigenvalue weighted by Gasteiger charge is 2.42. The van der Waals surface area contributed by atoms with E-state index >= 15 is 0 Å². The van der Waals surface area contributed by atoms with Gasteiger partial charge < -0.3 is 5.11 Å². The third-order valence-electron chi connectivity index (χ3n) is 10.2. The molecule has 52 heavy (non-hydrogen) atoms. The summed E-state index contributed by atoms with van der Waals surface area (Å²) in [7, 11) is 2.13. The number of benzene rings is 6. The van der Waals surface area contributed by atoms with Crippen LogP contribution in [-0.4, -0.2) is 22.4 Å². The molecule has 0 atom stereocenters. The molecule has 2 heterocycles. The van der Waals surface area contributed by atoms with E-state index in [4.69, 9.17) is 0 Å². The first-order chi connectivity index (χ1) is 25.3. The predicted molar refractivity (Wildman–Crippen MR) is 218 cm³/mol. The van der Waals surface area contributed by atoms with Crippen molar-refractivity contribution < 1.29 is 14.2 Å². The average Bonchev–Trinajstić information content (AvgIpc) is 3.38. The Morgan fingerprint density at radius 2 is 1.10 bits per heavy atom. The van der Waals surface area contributed by atoms with E-state index < -0.39 is 0 Å². The number of pyridine rings is 1. The first-order valence-electron chi connectivity index (χ1n) is 17.6. The van der Waals surface area contributed by atoms with E-state index in [1.807, 2.05) is 18.2 Å². The van der Waals surface area contributed by atoms with Crippen molar-refractivity contribution in [1.82, 2.24) is 0 Å². The van der Waals surface area contributed by atoms with Gasteiger partial charge in [-0.2, -0.15) is 9.14 Å². The molecule has 0 fully saturated rings. The third kappa shape index (κ3) is 6.10. The summed E-state index contributed by atoms with van der Waals surface area (Å²) in [6.45, 7) is 4.53. The molecule has 0 amide bonds. The van der Waals surface area contributed by atoms with Crippen LogP contribution >= 0.6 is 15.9 Å². The minimum atomic E-state index is -0.199. The number of aromatic nitrogens is 1. The van der Waals surface area contributed by atoms with Gasteiger partial charge in [0.05, 0.1) is 5.41 Å². The van der Waals surface area contributed by atoms with Crippen LogP contribution in [0.15, 0.2) is 174 Å². The molecule has 0 bridgehead atoms. The second-order valence-electron chi connectivity index (χ2n) is 13.8. The van der Waals surface area contributed by atoms with E-state index in [9.17, 15) is 5.11 Å². The first-order valence-corrected chi connectivity index (χ1v) is 18.4. The number of halogens is 1. The molecule has 0 unspecified atom stereocenters. The lowest BCUT2D eigenvalue weighted by molar-refractivity contribution is -0.572. The molecule has 8 rings (SSSR count). The minimum absolute atomic E-state index is 0.199. The number of hydrogen-bond donors (Lipinski definition) is 1. The maximum Gasteiger partial charge on any atom is 0.219 e. The van der Waals surface area contributed by atoms with E-state index in [0.29, 0.717) is 0 Å².